The molecular weight excluding hydrogens is 455 g/mol. The highest BCUT2D eigenvalue weighted by atomic mass is 35.5. The summed E-state index contributed by atoms with van der Waals surface area (Å²) in [5.74, 6) is 0. The van der Waals surface area contributed by atoms with Crippen molar-refractivity contribution in [3.63, 3.8) is 0 Å². The molecule has 1 unspecified atom stereocenters. The van der Waals surface area contributed by atoms with E-state index in [1.165, 1.54) is 0 Å². The average molecular weight is 475 g/mol. The molecule has 0 aliphatic carbocycles. The summed E-state index contributed by atoms with van der Waals surface area (Å²) in [5, 5.41) is 21.1. The van der Waals surface area contributed by atoms with Gasteiger partial charge in [-0.15, -0.1) is 0 Å². The summed E-state index contributed by atoms with van der Waals surface area (Å²) < 4.78 is 35.4. The number of rotatable bonds is 5. The molecule has 2 aromatic rings. The van der Waals surface area contributed by atoms with Crippen molar-refractivity contribution in [2.24, 2.45) is 0 Å². The zero-order chi connectivity index (χ0) is 22.2. The van der Waals surface area contributed by atoms with Gasteiger partial charge < -0.3 is 14.9 Å². The number of nitrogens with zero attached hydrogens (tertiary/aromatic N) is 1. The van der Waals surface area contributed by atoms with Gasteiger partial charge in [0.15, 0.2) is 6.23 Å². The van der Waals surface area contributed by atoms with E-state index < -0.39 is 56.3 Å². The molecule has 6 atom stereocenters. The Bertz CT molecular complexity index is 1110. The number of aliphatic hydroxyl groups excluding tert-OH is 2. The van der Waals surface area contributed by atoms with Gasteiger partial charge in [0.1, 0.15) is 18.3 Å². The number of phosphoric ester groups is 1. The number of aromatic amines is 1. The van der Waals surface area contributed by atoms with Crippen LogP contribution in [0.15, 0.2) is 46.1 Å². The maximum absolute atomic E-state index is 12.9. The predicted molar refractivity (Wildman–Crippen MR) is 107 cm³/mol. The second kappa shape index (κ2) is 8.97. The van der Waals surface area contributed by atoms with Crippen LogP contribution in [0.25, 0.3) is 0 Å². The van der Waals surface area contributed by atoms with Crippen molar-refractivity contribution >= 4 is 19.4 Å². The van der Waals surface area contributed by atoms with Gasteiger partial charge in [0.05, 0.1) is 19.3 Å². The second-order valence-electron chi connectivity index (χ2n) is 7.08. The molecule has 1 aromatic heterocycles. The van der Waals surface area contributed by atoms with E-state index in [-0.39, 0.29) is 6.61 Å². The molecule has 2 saturated heterocycles. The van der Waals surface area contributed by atoms with E-state index >= 15 is 0 Å². The van der Waals surface area contributed by atoms with Crippen molar-refractivity contribution in [3.05, 3.63) is 68.0 Å². The zero-order valence-electron chi connectivity index (χ0n) is 16.0. The molecule has 168 valence electrons. The second-order valence-corrected chi connectivity index (χ2v) is 9.14. The molecule has 3 N–H and O–H groups in total. The number of benzene rings is 1. The van der Waals surface area contributed by atoms with E-state index in [9.17, 15) is 24.4 Å². The van der Waals surface area contributed by atoms with Crippen molar-refractivity contribution in [2.75, 3.05) is 13.2 Å². The van der Waals surface area contributed by atoms with Gasteiger partial charge in [0, 0.05) is 23.7 Å². The molecular formula is C18H20ClN2O9P. The van der Waals surface area contributed by atoms with E-state index in [0.29, 0.717) is 17.0 Å². The number of aromatic nitrogens is 2. The van der Waals surface area contributed by atoms with Gasteiger partial charge in [0.2, 0.25) is 0 Å². The molecule has 1 aromatic carbocycles. The highest BCUT2D eigenvalue weighted by Gasteiger charge is 2.46. The summed E-state index contributed by atoms with van der Waals surface area (Å²) in [6.45, 7) is -0.326. The Hall–Kier alpha value is -1.82. The van der Waals surface area contributed by atoms with Gasteiger partial charge >= 0.3 is 13.5 Å². The number of H-pyrrole nitrogens is 1. The summed E-state index contributed by atoms with van der Waals surface area (Å²) >= 11 is 6.00. The third-order valence-corrected chi connectivity index (χ3v) is 6.68. The number of halogens is 1. The molecule has 11 nitrogen and oxygen atoms in total. The summed E-state index contributed by atoms with van der Waals surface area (Å²) in [5.41, 5.74) is -0.723. The largest absolute Gasteiger partial charge is 0.475 e. The van der Waals surface area contributed by atoms with Crippen LogP contribution in [0.2, 0.25) is 5.02 Å². The van der Waals surface area contributed by atoms with Gasteiger partial charge in [-0.2, -0.15) is 0 Å². The molecule has 2 fully saturated rings. The topological polar surface area (TPSA) is 149 Å². The Kier molecular flexibility index (Phi) is 6.47. The maximum Gasteiger partial charge on any atom is 0.475 e. The number of phosphoric acid groups is 1. The van der Waals surface area contributed by atoms with Gasteiger partial charge in [-0.05, 0) is 17.7 Å². The molecule has 4 rings (SSSR count). The normalized spacial score (nSPS) is 33.5. The van der Waals surface area contributed by atoms with Gasteiger partial charge in [-0.3, -0.25) is 27.9 Å². The number of aliphatic hydroxyl groups is 2. The Morgan fingerprint density at radius 3 is 2.81 bits per heavy atom. The van der Waals surface area contributed by atoms with Crippen LogP contribution in [0, 0.1) is 0 Å². The van der Waals surface area contributed by atoms with Gasteiger partial charge in [0.25, 0.3) is 5.56 Å². The summed E-state index contributed by atoms with van der Waals surface area (Å²) in [4.78, 5) is 25.2. The lowest BCUT2D eigenvalue weighted by Crippen LogP contribution is -2.37. The summed E-state index contributed by atoms with van der Waals surface area (Å²) in [6.07, 6.45) is -4.35. The number of hydrogen-bond acceptors (Lipinski definition) is 9. The molecule has 3 heterocycles. The van der Waals surface area contributed by atoms with Crippen LogP contribution in [0.3, 0.4) is 0 Å². The summed E-state index contributed by atoms with van der Waals surface area (Å²) in [6, 6.07) is 7.99. The van der Waals surface area contributed by atoms with Crippen LogP contribution in [0.5, 0.6) is 0 Å². The van der Waals surface area contributed by atoms with Crippen LogP contribution >= 0.6 is 19.4 Å². The molecule has 0 radical (unpaired) electrons. The van der Waals surface area contributed by atoms with Crippen molar-refractivity contribution in [1.29, 1.82) is 0 Å². The van der Waals surface area contributed by atoms with Crippen molar-refractivity contribution in [3.8, 4) is 0 Å². The van der Waals surface area contributed by atoms with Gasteiger partial charge in [-0.1, -0.05) is 23.7 Å². The van der Waals surface area contributed by atoms with Crippen molar-refractivity contribution < 1.29 is 33.1 Å². The van der Waals surface area contributed by atoms with Crippen LogP contribution < -0.4 is 11.2 Å². The fourth-order valence-corrected chi connectivity index (χ4v) is 4.99. The molecule has 31 heavy (non-hydrogen) atoms. The lowest BCUT2D eigenvalue weighted by Gasteiger charge is -2.29. The van der Waals surface area contributed by atoms with E-state index in [4.69, 9.17) is 29.9 Å². The number of nitrogens with one attached hydrogen (secondary N) is 1. The van der Waals surface area contributed by atoms with Crippen LogP contribution in [0.1, 0.15) is 24.3 Å². The van der Waals surface area contributed by atoms with Crippen molar-refractivity contribution in [1.82, 2.24) is 9.55 Å². The lowest BCUT2D eigenvalue weighted by molar-refractivity contribution is -0.0610. The number of hydrogen-bond donors (Lipinski definition) is 3. The highest BCUT2D eigenvalue weighted by Crippen LogP contribution is 2.57. The molecule has 13 heteroatoms. The van der Waals surface area contributed by atoms with Gasteiger partial charge in [-0.25, -0.2) is 9.36 Å². The highest BCUT2D eigenvalue weighted by molar-refractivity contribution is 7.48. The monoisotopic (exact) mass is 474 g/mol. The third kappa shape index (κ3) is 4.84. The van der Waals surface area contributed by atoms with E-state index in [1.54, 1.807) is 24.3 Å². The molecule has 2 aliphatic heterocycles. The summed E-state index contributed by atoms with van der Waals surface area (Å²) in [7, 11) is -3.99. The molecule has 2 aliphatic rings. The minimum absolute atomic E-state index is 0.112. The molecule has 0 spiro atoms. The Balaban J connectivity index is 1.43. The Labute approximate surface area is 180 Å². The van der Waals surface area contributed by atoms with Crippen molar-refractivity contribution in [2.45, 2.75) is 37.1 Å². The third-order valence-electron chi connectivity index (χ3n) is 4.97. The standard InChI is InChI=1S/C18H20ClN2O9P/c19-11-3-1-2-10(8-11)12-5-7-27-31(26,30-12)28-9-13-15(23)16(24)17(29-13)21-6-4-14(22)20-18(21)25/h1-4,6,8,12-13,15-17,23-24H,5,7,9H2,(H,20,22,25)/t12-,13+,15+,16+,17+,31?/m0/s1. The van der Waals surface area contributed by atoms with Crippen LogP contribution in [-0.4, -0.2) is 51.3 Å². The van der Waals surface area contributed by atoms with E-state index in [0.717, 1.165) is 16.8 Å². The van der Waals surface area contributed by atoms with E-state index in [2.05, 4.69) is 0 Å². The average Bonchev–Trinajstić information content (AvgIpc) is 3.01. The predicted octanol–water partition coefficient (Wildman–Crippen LogP) is 1.11. The fraction of sp³-hybridized carbons (Fsp3) is 0.444. The maximum atomic E-state index is 12.9. The quantitative estimate of drug-likeness (QED) is 0.541. The SMILES string of the molecule is O=c1ccn([C@@H]2O[C@H](COP3(=O)OCC[C@@H](c4cccc(Cl)c4)O3)[C@@H](O)[C@H]2O)c(=O)[nH]1. The first-order valence-electron chi connectivity index (χ1n) is 9.42. The Morgan fingerprint density at radius 2 is 2.06 bits per heavy atom. The zero-order valence-corrected chi connectivity index (χ0v) is 17.6. The molecule has 0 bridgehead atoms. The first kappa shape index (κ1) is 22.4. The first-order chi connectivity index (χ1) is 14.8. The van der Waals surface area contributed by atoms with Crippen LogP contribution in [-0.2, 0) is 22.9 Å². The number of ether oxygens (including phenoxy) is 1. The minimum atomic E-state index is -3.99. The molecule has 0 amide bonds. The van der Waals surface area contributed by atoms with Crippen LogP contribution in [0.4, 0.5) is 0 Å². The molecule has 0 saturated carbocycles. The fourth-order valence-electron chi connectivity index (χ4n) is 3.40. The minimum Gasteiger partial charge on any atom is -0.387 e. The smallest absolute Gasteiger partial charge is 0.387 e. The first-order valence-corrected chi connectivity index (χ1v) is 11.3. The van der Waals surface area contributed by atoms with E-state index in [1.807, 2.05) is 4.98 Å². The lowest BCUT2D eigenvalue weighted by atomic mass is 10.1. The Morgan fingerprint density at radius 1 is 1.26 bits per heavy atom.